The molecular weight excluding hydrogens is 508 g/mol. The second-order valence-electron chi connectivity index (χ2n) is 13.2. The van der Waals surface area contributed by atoms with Crippen LogP contribution in [0.4, 0.5) is 0 Å². The molecule has 0 aliphatic heterocycles. The van der Waals surface area contributed by atoms with Gasteiger partial charge in [-0.1, -0.05) is 185 Å². The number of nitrogens with zero attached hydrogens (tertiary/aromatic N) is 2. The van der Waals surface area contributed by atoms with E-state index in [2.05, 4.69) is 54.9 Å². The Labute approximate surface area is 262 Å². The van der Waals surface area contributed by atoms with Gasteiger partial charge >= 0.3 is 0 Å². The second-order valence-corrected chi connectivity index (χ2v) is 13.2. The van der Waals surface area contributed by atoms with Crippen LogP contribution in [0.15, 0.2) is 36.5 Å². The molecule has 0 N–H and O–H groups in total. The van der Waals surface area contributed by atoms with E-state index in [-0.39, 0.29) is 0 Å². The molecule has 42 heavy (non-hydrogen) atoms. The first-order valence-electron chi connectivity index (χ1n) is 18.9. The maximum atomic E-state index is 5.15. The molecule has 2 rings (SSSR count). The summed E-state index contributed by atoms with van der Waals surface area (Å²) < 4.78 is 2.53. The zero-order valence-electron chi connectivity index (χ0n) is 28.4. The van der Waals surface area contributed by atoms with Gasteiger partial charge in [-0.2, -0.15) is 0 Å². The van der Waals surface area contributed by atoms with Gasteiger partial charge in [0.2, 0.25) is 0 Å². The third-order valence-corrected chi connectivity index (χ3v) is 9.16. The van der Waals surface area contributed by atoms with Crippen LogP contribution in [0.3, 0.4) is 0 Å². The Bertz CT molecular complexity index is 823. The number of benzene rings is 1. The van der Waals surface area contributed by atoms with E-state index in [1.165, 1.54) is 178 Å². The molecule has 0 atom stereocenters. The summed E-state index contributed by atoms with van der Waals surface area (Å²) >= 11 is 0. The average molecular weight is 579 g/mol. The monoisotopic (exact) mass is 579 g/mol. The van der Waals surface area contributed by atoms with Gasteiger partial charge in [-0.3, -0.25) is 0 Å². The van der Waals surface area contributed by atoms with E-state index in [0.717, 1.165) is 25.8 Å². The van der Waals surface area contributed by atoms with Crippen molar-refractivity contribution in [3.63, 3.8) is 0 Å². The van der Waals surface area contributed by atoms with Crippen molar-refractivity contribution in [3.05, 3.63) is 53.6 Å². The molecule has 0 saturated heterocycles. The molecule has 2 heteroatoms. The fraction of sp³-hybridized carbons (Fsp3) is 0.775. The second kappa shape index (κ2) is 27.0. The van der Waals surface area contributed by atoms with Crippen molar-refractivity contribution in [2.24, 2.45) is 0 Å². The molecule has 1 aromatic heterocycles. The largest absolute Gasteiger partial charge is 0.335 e. The number of hydrogen-bond donors (Lipinski definition) is 0. The van der Waals surface area contributed by atoms with E-state index in [9.17, 15) is 0 Å². The first-order valence-corrected chi connectivity index (χ1v) is 18.9. The lowest BCUT2D eigenvalue weighted by Gasteiger charge is -2.08. The molecule has 1 aromatic carbocycles. The Morgan fingerprint density at radius 3 is 1.40 bits per heavy atom. The Kier molecular flexibility index (Phi) is 23.6. The van der Waals surface area contributed by atoms with Gasteiger partial charge in [-0.15, -0.1) is 0 Å². The third-order valence-electron chi connectivity index (χ3n) is 9.16. The van der Waals surface area contributed by atoms with Crippen molar-refractivity contribution in [2.45, 2.75) is 200 Å². The average Bonchev–Trinajstić information content (AvgIpc) is 3.40. The van der Waals surface area contributed by atoms with Crippen molar-refractivity contribution in [1.82, 2.24) is 9.55 Å². The van der Waals surface area contributed by atoms with Crippen molar-refractivity contribution in [3.8, 4) is 0 Å². The number of unbranched alkanes of at least 4 members (excludes halogenated alkanes) is 22. The van der Waals surface area contributed by atoms with E-state index >= 15 is 0 Å². The summed E-state index contributed by atoms with van der Waals surface area (Å²) in [5.74, 6) is 1.36. The van der Waals surface area contributed by atoms with Crippen LogP contribution in [0, 0.1) is 0 Å². The van der Waals surface area contributed by atoms with Gasteiger partial charge in [0.1, 0.15) is 5.82 Å². The van der Waals surface area contributed by atoms with Gasteiger partial charge in [-0.05, 0) is 37.7 Å². The lowest BCUT2D eigenvalue weighted by molar-refractivity contribution is 0.514. The van der Waals surface area contributed by atoms with Crippen molar-refractivity contribution < 1.29 is 0 Å². The van der Waals surface area contributed by atoms with Gasteiger partial charge in [0, 0.05) is 19.2 Å². The predicted octanol–water partition coefficient (Wildman–Crippen LogP) is 13.0. The molecule has 1 heterocycles. The maximum Gasteiger partial charge on any atom is 0.108 e. The van der Waals surface area contributed by atoms with Gasteiger partial charge in [0.25, 0.3) is 0 Å². The zero-order valence-corrected chi connectivity index (χ0v) is 28.4. The Balaban J connectivity index is 1.56. The standard InChI is InChI=1S/C40H70N2/c1-3-5-7-9-11-12-13-14-15-16-17-18-19-20-22-24-29-36-42-37-39(34-30-33-38-31-26-25-27-32-38)41-40(42)35-28-23-21-10-8-6-4-2/h25-27,31-32,37H,3-24,28-30,33-36H2,1-2H3. The molecule has 0 aliphatic rings. The molecule has 240 valence electrons. The Hall–Kier alpha value is -1.57. The van der Waals surface area contributed by atoms with E-state index in [0.29, 0.717) is 0 Å². The number of aryl methyl sites for hydroxylation is 4. The van der Waals surface area contributed by atoms with Crippen LogP contribution in [-0.4, -0.2) is 9.55 Å². The van der Waals surface area contributed by atoms with Gasteiger partial charge < -0.3 is 4.57 Å². The first kappa shape index (κ1) is 36.6. The summed E-state index contributed by atoms with van der Waals surface area (Å²) in [6, 6.07) is 10.9. The summed E-state index contributed by atoms with van der Waals surface area (Å²) in [7, 11) is 0. The summed E-state index contributed by atoms with van der Waals surface area (Å²) in [4.78, 5) is 5.15. The van der Waals surface area contributed by atoms with Crippen LogP contribution in [0.2, 0.25) is 0 Å². The smallest absolute Gasteiger partial charge is 0.108 e. The molecule has 2 aromatic rings. The number of imidazole rings is 1. The van der Waals surface area contributed by atoms with E-state index in [1.807, 2.05) is 0 Å². The van der Waals surface area contributed by atoms with Crippen LogP contribution in [-0.2, 0) is 25.8 Å². The van der Waals surface area contributed by atoms with Crippen LogP contribution in [0.1, 0.15) is 191 Å². The summed E-state index contributed by atoms with van der Waals surface area (Å²) in [5.41, 5.74) is 2.76. The normalized spacial score (nSPS) is 11.5. The highest BCUT2D eigenvalue weighted by atomic mass is 15.1. The molecule has 0 unspecified atom stereocenters. The number of hydrogen-bond acceptors (Lipinski definition) is 1. The lowest BCUT2D eigenvalue weighted by Crippen LogP contribution is -2.03. The van der Waals surface area contributed by atoms with Crippen LogP contribution in [0.25, 0.3) is 0 Å². The minimum atomic E-state index is 1.10. The molecule has 2 nitrogen and oxygen atoms in total. The Morgan fingerprint density at radius 2 is 0.905 bits per heavy atom. The first-order chi connectivity index (χ1) is 20.8. The van der Waals surface area contributed by atoms with Crippen molar-refractivity contribution >= 4 is 0 Å². The molecule has 0 spiro atoms. The molecule has 0 saturated carbocycles. The maximum absolute atomic E-state index is 5.15. The third kappa shape index (κ3) is 19.6. The molecule has 0 amide bonds. The topological polar surface area (TPSA) is 17.8 Å². The molecule has 0 bridgehead atoms. The van der Waals surface area contributed by atoms with E-state index in [1.54, 1.807) is 0 Å². The van der Waals surface area contributed by atoms with Crippen molar-refractivity contribution in [2.75, 3.05) is 0 Å². The molecular formula is C40H70N2. The summed E-state index contributed by atoms with van der Waals surface area (Å²) in [6.07, 6.45) is 41.0. The minimum Gasteiger partial charge on any atom is -0.335 e. The highest BCUT2D eigenvalue weighted by molar-refractivity contribution is 5.15. The molecule has 0 radical (unpaired) electrons. The summed E-state index contributed by atoms with van der Waals surface area (Å²) in [5, 5.41) is 0. The van der Waals surface area contributed by atoms with Crippen LogP contribution in [0.5, 0.6) is 0 Å². The highest BCUT2D eigenvalue weighted by Crippen LogP contribution is 2.17. The number of rotatable bonds is 30. The summed E-state index contributed by atoms with van der Waals surface area (Å²) in [6.45, 7) is 5.77. The fourth-order valence-electron chi connectivity index (χ4n) is 6.39. The van der Waals surface area contributed by atoms with E-state index < -0.39 is 0 Å². The predicted molar refractivity (Wildman–Crippen MR) is 187 cm³/mol. The van der Waals surface area contributed by atoms with Crippen LogP contribution >= 0.6 is 0 Å². The fourth-order valence-corrected chi connectivity index (χ4v) is 6.39. The van der Waals surface area contributed by atoms with Crippen LogP contribution < -0.4 is 0 Å². The highest BCUT2D eigenvalue weighted by Gasteiger charge is 2.09. The minimum absolute atomic E-state index is 1.10. The SMILES string of the molecule is CCCCCCCCCCCCCCCCCCCn1cc(CCCc2ccccc2)nc1CCCCCCCCC. The van der Waals surface area contributed by atoms with Gasteiger partial charge in [0.15, 0.2) is 0 Å². The van der Waals surface area contributed by atoms with Crippen molar-refractivity contribution in [1.29, 1.82) is 0 Å². The molecule has 0 aliphatic carbocycles. The zero-order chi connectivity index (χ0) is 29.8. The van der Waals surface area contributed by atoms with Gasteiger partial charge in [0.05, 0.1) is 5.69 Å². The Morgan fingerprint density at radius 1 is 0.452 bits per heavy atom. The molecule has 0 fully saturated rings. The lowest BCUT2D eigenvalue weighted by atomic mass is 10.0. The number of aromatic nitrogens is 2. The van der Waals surface area contributed by atoms with Gasteiger partial charge in [-0.25, -0.2) is 4.98 Å². The van der Waals surface area contributed by atoms with E-state index in [4.69, 9.17) is 4.98 Å². The quantitative estimate of drug-likeness (QED) is 0.0843.